The fourth-order valence-electron chi connectivity index (χ4n) is 4.51. The molecule has 5 heteroatoms. The Morgan fingerprint density at radius 1 is 0.964 bits per heavy atom. The first-order valence-corrected chi connectivity index (χ1v) is 9.95. The zero-order valence-corrected chi connectivity index (χ0v) is 15.8. The van der Waals surface area contributed by atoms with E-state index in [1.165, 1.54) is 19.3 Å². The predicted octanol–water partition coefficient (Wildman–Crippen LogP) is 4.79. The van der Waals surface area contributed by atoms with Gasteiger partial charge >= 0.3 is 5.97 Å². The van der Waals surface area contributed by atoms with Crippen molar-refractivity contribution < 1.29 is 19.1 Å². The molecule has 2 aliphatic rings. The summed E-state index contributed by atoms with van der Waals surface area (Å²) in [5.74, 6) is 2.48. The normalized spacial score (nSPS) is 22.6. The van der Waals surface area contributed by atoms with E-state index in [1.807, 2.05) is 42.5 Å². The van der Waals surface area contributed by atoms with Crippen molar-refractivity contribution in [1.29, 1.82) is 0 Å². The summed E-state index contributed by atoms with van der Waals surface area (Å²) in [7, 11) is 0. The van der Waals surface area contributed by atoms with Crippen molar-refractivity contribution in [2.24, 2.45) is 17.8 Å². The summed E-state index contributed by atoms with van der Waals surface area (Å²) in [6.45, 7) is -0.278. The first-order valence-electron chi connectivity index (χ1n) is 9.95. The molecule has 3 atom stereocenters. The largest absolute Gasteiger partial charge is 0.456 e. The number of esters is 1. The molecule has 28 heavy (non-hydrogen) atoms. The van der Waals surface area contributed by atoms with Crippen LogP contribution in [0.25, 0.3) is 0 Å². The highest BCUT2D eigenvalue weighted by atomic mass is 16.5. The SMILES string of the molecule is O=C(COC(=O)C[C@@H]1C[C@H]2CC[C@@H]1C2)Nc1ccccc1Oc1ccccc1. The minimum absolute atomic E-state index is 0.276. The van der Waals surface area contributed by atoms with Crippen molar-refractivity contribution in [3.63, 3.8) is 0 Å². The number of ether oxygens (including phenoxy) is 2. The molecule has 2 aromatic carbocycles. The number of fused-ring (bicyclic) bond motifs is 2. The van der Waals surface area contributed by atoms with Gasteiger partial charge in [-0.1, -0.05) is 36.8 Å². The van der Waals surface area contributed by atoms with Crippen LogP contribution in [0.1, 0.15) is 32.1 Å². The van der Waals surface area contributed by atoms with E-state index >= 15 is 0 Å². The van der Waals surface area contributed by atoms with Gasteiger partial charge in [0.05, 0.1) is 5.69 Å². The van der Waals surface area contributed by atoms with Crippen LogP contribution in [0.5, 0.6) is 11.5 Å². The lowest BCUT2D eigenvalue weighted by atomic mass is 9.86. The Kier molecular flexibility index (Phi) is 5.60. The Bertz CT molecular complexity index is 836. The standard InChI is InChI=1S/C23H25NO4/c25-22(15-27-23(26)14-18-13-16-10-11-17(18)12-16)24-20-8-4-5-9-21(20)28-19-6-2-1-3-7-19/h1-9,16-18H,10-15H2,(H,24,25)/t16-,17+,18-/m0/s1. The van der Waals surface area contributed by atoms with Crippen molar-refractivity contribution in [3.05, 3.63) is 54.6 Å². The van der Waals surface area contributed by atoms with Crippen LogP contribution in [0.15, 0.2) is 54.6 Å². The van der Waals surface area contributed by atoms with Crippen LogP contribution in [-0.4, -0.2) is 18.5 Å². The van der Waals surface area contributed by atoms with E-state index in [4.69, 9.17) is 9.47 Å². The second-order valence-electron chi connectivity index (χ2n) is 7.76. The summed E-state index contributed by atoms with van der Waals surface area (Å²) >= 11 is 0. The number of carbonyl (C=O) groups excluding carboxylic acids is 2. The molecule has 2 bridgehead atoms. The van der Waals surface area contributed by atoms with Gasteiger partial charge in [-0.15, -0.1) is 0 Å². The summed E-state index contributed by atoms with van der Waals surface area (Å²) in [5.41, 5.74) is 0.542. The van der Waals surface area contributed by atoms with E-state index in [-0.39, 0.29) is 18.5 Å². The molecule has 4 rings (SSSR count). The fourth-order valence-corrected chi connectivity index (χ4v) is 4.51. The zero-order valence-electron chi connectivity index (χ0n) is 15.8. The number of hydrogen-bond donors (Lipinski definition) is 1. The first-order chi connectivity index (χ1) is 13.7. The van der Waals surface area contributed by atoms with Crippen molar-refractivity contribution in [3.8, 4) is 11.5 Å². The quantitative estimate of drug-likeness (QED) is 0.703. The van der Waals surface area contributed by atoms with Crippen LogP contribution < -0.4 is 10.1 Å². The van der Waals surface area contributed by atoms with Crippen molar-refractivity contribution in [1.82, 2.24) is 0 Å². The molecule has 0 aromatic heterocycles. The maximum absolute atomic E-state index is 12.2. The highest BCUT2D eigenvalue weighted by molar-refractivity contribution is 5.94. The van der Waals surface area contributed by atoms with Crippen LogP contribution in [-0.2, 0) is 14.3 Å². The zero-order chi connectivity index (χ0) is 19.3. The maximum atomic E-state index is 12.2. The summed E-state index contributed by atoms with van der Waals surface area (Å²) < 4.78 is 11.0. The molecule has 5 nitrogen and oxygen atoms in total. The average Bonchev–Trinajstić information content (AvgIpc) is 3.32. The Morgan fingerprint density at radius 2 is 1.75 bits per heavy atom. The molecular weight excluding hydrogens is 354 g/mol. The highest BCUT2D eigenvalue weighted by Crippen LogP contribution is 2.49. The van der Waals surface area contributed by atoms with Crippen molar-refractivity contribution in [2.45, 2.75) is 32.1 Å². The summed E-state index contributed by atoms with van der Waals surface area (Å²) in [5, 5.41) is 2.77. The van der Waals surface area contributed by atoms with Gasteiger partial charge in [0, 0.05) is 6.42 Å². The number of amides is 1. The molecule has 0 aliphatic heterocycles. The third-order valence-corrected chi connectivity index (χ3v) is 5.81. The topological polar surface area (TPSA) is 64.6 Å². The Hall–Kier alpha value is -2.82. The van der Waals surface area contributed by atoms with Gasteiger partial charge in [-0.2, -0.15) is 0 Å². The van der Waals surface area contributed by atoms with E-state index in [0.717, 1.165) is 12.3 Å². The molecule has 0 spiro atoms. The van der Waals surface area contributed by atoms with Crippen molar-refractivity contribution in [2.75, 3.05) is 11.9 Å². The van der Waals surface area contributed by atoms with Gasteiger partial charge in [-0.05, 0) is 61.3 Å². The summed E-state index contributed by atoms with van der Waals surface area (Å²) in [6, 6.07) is 16.5. The van der Waals surface area contributed by atoms with Crippen molar-refractivity contribution >= 4 is 17.6 Å². The number of carbonyl (C=O) groups is 2. The number of hydrogen-bond acceptors (Lipinski definition) is 4. The lowest BCUT2D eigenvalue weighted by Gasteiger charge is -2.20. The Labute approximate surface area is 165 Å². The van der Waals surface area contributed by atoms with Crippen LogP contribution in [0.3, 0.4) is 0 Å². The fraction of sp³-hybridized carbons (Fsp3) is 0.391. The molecule has 2 aromatic rings. The van der Waals surface area contributed by atoms with Crippen LogP contribution in [0.4, 0.5) is 5.69 Å². The Balaban J connectivity index is 1.27. The molecule has 2 fully saturated rings. The average molecular weight is 379 g/mol. The van der Waals surface area contributed by atoms with E-state index in [0.29, 0.717) is 35.4 Å². The molecule has 0 saturated heterocycles. The molecule has 0 radical (unpaired) electrons. The second kappa shape index (κ2) is 8.46. The lowest BCUT2D eigenvalue weighted by molar-refractivity contribution is -0.148. The number of nitrogens with one attached hydrogen (secondary N) is 1. The monoisotopic (exact) mass is 379 g/mol. The van der Waals surface area contributed by atoms with Gasteiger partial charge in [-0.25, -0.2) is 0 Å². The smallest absolute Gasteiger partial charge is 0.306 e. The van der Waals surface area contributed by atoms with E-state index in [2.05, 4.69) is 5.32 Å². The van der Waals surface area contributed by atoms with Gasteiger partial charge in [0.15, 0.2) is 12.4 Å². The van der Waals surface area contributed by atoms with E-state index in [1.54, 1.807) is 12.1 Å². The van der Waals surface area contributed by atoms with E-state index in [9.17, 15) is 9.59 Å². The number of para-hydroxylation sites is 3. The molecule has 0 unspecified atom stereocenters. The first kappa shape index (κ1) is 18.5. The molecule has 1 amide bonds. The third-order valence-electron chi connectivity index (χ3n) is 5.81. The summed E-state index contributed by atoms with van der Waals surface area (Å²) in [4.78, 5) is 24.4. The maximum Gasteiger partial charge on any atom is 0.306 e. The predicted molar refractivity (Wildman–Crippen MR) is 106 cm³/mol. The number of benzene rings is 2. The van der Waals surface area contributed by atoms with Gasteiger partial charge in [0.1, 0.15) is 5.75 Å². The van der Waals surface area contributed by atoms with Gasteiger partial charge in [0.25, 0.3) is 5.91 Å². The van der Waals surface area contributed by atoms with E-state index < -0.39 is 0 Å². The van der Waals surface area contributed by atoms with Gasteiger partial charge < -0.3 is 14.8 Å². The minimum atomic E-state index is -0.370. The highest BCUT2D eigenvalue weighted by Gasteiger charge is 2.40. The van der Waals surface area contributed by atoms with Gasteiger partial charge in [0.2, 0.25) is 0 Å². The Morgan fingerprint density at radius 3 is 2.50 bits per heavy atom. The number of anilines is 1. The summed E-state index contributed by atoms with van der Waals surface area (Å²) in [6.07, 6.45) is 5.37. The molecule has 2 aliphatic carbocycles. The lowest BCUT2D eigenvalue weighted by Crippen LogP contribution is -2.23. The molecular formula is C23H25NO4. The minimum Gasteiger partial charge on any atom is -0.456 e. The van der Waals surface area contributed by atoms with Crippen LogP contribution in [0, 0.1) is 17.8 Å². The second-order valence-corrected chi connectivity index (χ2v) is 7.76. The number of rotatable bonds is 7. The molecule has 146 valence electrons. The van der Waals surface area contributed by atoms with Gasteiger partial charge in [-0.3, -0.25) is 9.59 Å². The third kappa shape index (κ3) is 4.53. The molecule has 0 heterocycles. The van der Waals surface area contributed by atoms with Crippen LogP contribution in [0.2, 0.25) is 0 Å². The van der Waals surface area contributed by atoms with Crippen LogP contribution >= 0.6 is 0 Å². The molecule has 1 N–H and O–H groups in total. The molecule has 2 saturated carbocycles.